The summed E-state index contributed by atoms with van der Waals surface area (Å²) in [6.45, 7) is 6.36. The molecule has 0 fully saturated rings. The van der Waals surface area contributed by atoms with Gasteiger partial charge in [0, 0.05) is 6.42 Å². The van der Waals surface area contributed by atoms with Gasteiger partial charge in [0.05, 0.1) is 25.2 Å². The highest BCUT2D eigenvalue weighted by molar-refractivity contribution is 5.77. The van der Waals surface area contributed by atoms with Gasteiger partial charge in [0.1, 0.15) is 6.10 Å². The molecule has 0 heterocycles. The van der Waals surface area contributed by atoms with Gasteiger partial charge in [-0.1, -0.05) is 253 Å². The number of carbonyl (C=O) groups is 2. The second-order valence-electron chi connectivity index (χ2n) is 18.8. The maximum Gasteiger partial charge on any atom is 0.306 e. The Kier molecular flexibility index (Phi) is 51.1. The van der Waals surface area contributed by atoms with Crippen LogP contribution in [0.2, 0.25) is 0 Å². The third kappa shape index (κ3) is 49.0. The van der Waals surface area contributed by atoms with Crippen LogP contribution >= 0.6 is 0 Å². The van der Waals surface area contributed by atoms with E-state index in [9.17, 15) is 19.8 Å². The van der Waals surface area contributed by atoms with Crippen LogP contribution in [0.25, 0.3) is 0 Å². The van der Waals surface area contributed by atoms with E-state index in [1.165, 1.54) is 116 Å². The Bertz CT molecular complexity index is 1320. The van der Waals surface area contributed by atoms with E-state index in [0.717, 1.165) is 89.9 Å². The fourth-order valence-corrected chi connectivity index (χ4v) is 8.00. The third-order valence-electron chi connectivity index (χ3n) is 12.2. The van der Waals surface area contributed by atoms with Crippen LogP contribution in [-0.4, -0.2) is 46.9 Å². The van der Waals surface area contributed by atoms with E-state index in [1.54, 1.807) is 0 Å². The highest BCUT2D eigenvalue weighted by atomic mass is 16.5. The number of hydrogen-bond acceptors (Lipinski definition) is 5. The van der Waals surface area contributed by atoms with Crippen LogP contribution in [0.1, 0.15) is 252 Å². The normalized spacial score (nSPS) is 13.9. The van der Waals surface area contributed by atoms with Gasteiger partial charge in [-0.2, -0.15) is 0 Å². The number of aliphatic hydroxyl groups excluding tert-OH is 2. The molecule has 0 radical (unpaired) electrons. The Morgan fingerprint density at radius 3 is 1.39 bits per heavy atom. The maximum absolute atomic E-state index is 13.3. The van der Waals surface area contributed by atoms with Crippen LogP contribution in [0.3, 0.4) is 0 Å². The maximum atomic E-state index is 13.3. The summed E-state index contributed by atoms with van der Waals surface area (Å²) in [6, 6.07) is -0.725. The molecule has 6 nitrogen and oxygen atoms in total. The third-order valence-corrected chi connectivity index (χ3v) is 12.2. The summed E-state index contributed by atoms with van der Waals surface area (Å²) in [4.78, 5) is 26.3. The first-order chi connectivity index (χ1) is 33.0. The minimum atomic E-state index is -0.808. The van der Waals surface area contributed by atoms with Gasteiger partial charge in [-0.15, -0.1) is 0 Å². The number of amides is 1. The summed E-state index contributed by atoms with van der Waals surface area (Å²) in [5.74, 6) is -0.533. The summed E-state index contributed by atoms with van der Waals surface area (Å²) in [6.07, 6.45) is 71.7. The molecule has 3 unspecified atom stereocenters. The lowest BCUT2D eigenvalue weighted by Crippen LogP contribution is -2.46. The number of esters is 1. The molecule has 0 aromatic heterocycles. The molecule has 0 aliphatic carbocycles. The number of ether oxygens (including phenoxy) is 1. The molecule has 0 saturated carbocycles. The standard InChI is InChI=1S/C61H105NO5/c1-4-7-10-13-16-19-22-25-27-29-30-31-33-36-39-42-45-48-51-54-61(66)67-57(52-49-46-43-40-37-35-32-28-26-23-20-17-14-11-8-5-2)55-60(65)62-58(56-63)59(64)53-50-47-44-41-38-34-24-21-18-15-12-9-6-3/h11,14,16-17,19-20,23,25-28,30-32,35,37,57-59,63-64H,4-10,12-13,15,18,21-22,24,29,33-34,36,38-56H2,1-3H3,(H,62,65)/b14-11+,19-16-,20-17+,26-23+,27-25-,31-30-,32-28+,37-35+. The summed E-state index contributed by atoms with van der Waals surface area (Å²) >= 11 is 0. The van der Waals surface area contributed by atoms with Crippen LogP contribution in [0.15, 0.2) is 97.2 Å². The Labute approximate surface area is 414 Å². The van der Waals surface area contributed by atoms with Gasteiger partial charge >= 0.3 is 5.97 Å². The highest BCUT2D eigenvalue weighted by Gasteiger charge is 2.24. The molecular weight excluding hydrogens is 827 g/mol. The topological polar surface area (TPSA) is 95.9 Å². The van der Waals surface area contributed by atoms with E-state index >= 15 is 0 Å². The monoisotopic (exact) mass is 932 g/mol. The van der Waals surface area contributed by atoms with Gasteiger partial charge in [-0.05, 0) is 83.5 Å². The van der Waals surface area contributed by atoms with Crippen molar-refractivity contribution in [2.45, 2.75) is 270 Å². The fourth-order valence-electron chi connectivity index (χ4n) is 8.00. The molecule has 0 spiro atoms. The van der Waals surface area contributed by atoms with Crippen molar-refractivity contribution >= 4 is 11.9 Å². The van der Waals surface area contributed by atoms with E-state index in [4.69, 9.17) is 4.74 Å². The molecule has 3 atom stereocenters. The minimum absolute atomic E-state index is 0.0391. The van der Waals surface area contributed by atoms with Crippen molar-refractivity contribution in [3.63, 3.8) is 0 Å². The van der Waals surface area contributed by atoms with Gasteiger partial charge in [-0.25, -0.2) is 0 Å². The number of hydrogen-bond donors (Lipinski definition) is 3. The quantitative estimate of drug-likeness (QED) is 0.0244. The van der Waals surface area contributed by atoms with Crippen LogP contribution in [0.5, 0.6) is 0 Å². The number of rotatable bonds is 49. The molecule has 0 aromatic carbocycles. The number of aliphatic hydroxyl groups is 2. The molecule has 0 aromatic rings. The fraction of sp³-hybridized carbons (Fsp3) is 0.705. The summed E-state index contributed by atoms with van der Waals surface area (Å²) in [5.41, 5.74) is 0. The first-order valence-corrected chi connectivity index (χ1v) is 28.0. The number of allylic oxidation sites excluding steroid dienone is 16. The predicted octanol–water partition coefficient (Wildman–Crippen LogP) is 17.3. The summed E-state index contributed by atoms with van der Waals surface area (Å²) < 4.78 is 5.93. The zero-order valence-corrected chi connectivity index (χ0v) is 43.8. The van der Waals surface area contributed by atoms with Crippen LogP contribution < -0.4 is 5.32 Å². The molecule has 0 saturated heterocycles. The first-order valence-electron chi connectivity index (χ1n) is 28.0. The summed E-state index contributed by atoms with van der Waals surface area (Å²) in [7, 11) is 0. The molecule has 0 aliphatic heterocycles. The highest BCUT2D eigenvalue weighted by Crippen LogP contribution is 2.17. The van der Waals surface area contributed by atoms with Crippen LogP contribution in [0.4, 0.5) is 0 Å². The van der Waals surface area contributed by atoms with Crippen molar-refractivity contribution in [3.05, 3.63) is 97.2 Å². The molecule has 384 valence electrons. The average molecular weight is 933 g/mol. The summed E-state index contributed by atoms with van der Waals surface area (Å²) in [5, 5.41) is 23.8. The lowest BCUT2D eigenvalue weighted by Gasteiger charge is -2.24. The van der Waals surface area contributed by atoms with Crippen molar-refractivity contribution in [1.29, 1.82) is 0 Å². The van der Waals surface area contributed by atoms with Crippen molar-refractivity contribution in [2.24, 2.45) is 0 Å². The van der Waals surface area contributed by atoms with E-state index in [2.05, 4.69) is 86.8 Å². The van der Waals surface area contributed by atoms with Crippen LogP contribution in [-0.2, 0) is 14.3 Å². The molecular formula is C61H105NO5. The average Bonchev–Trinajstić information content (AvgIpc) is 3.32. The SMILES string of the molecule is CCC/C=C/C=C/C=C/C=C/C=C/CCCCCC(CC(=O)NC(CO)C(O)CCCCCCCCCCCCCCC)OC(=O)CCCCCCCC/C=C\C/C=C\C/C=C\CCCCC. The Morgan fingerprint density at radius 1 is 0.448 bits per heavy atom. The molecule has 6 heteroatoms. The molecule has 0 rings (SSSR count). The largest absolute Gasteiger partial charge is 0.462 e. The van der Waals surface area contributed by atoms with E-state index < -0.39 is 18.2 Å². The van der Waals surface area contributed by atoms with E-state index in [1.807, 2.05) is 36.5 Å². The lowest BCUT2D eigenvalue weighted by atomic mass is 10.0. The Morgan fingerprint density at radius 2 is 0.851 bits per heavy atom. The van der Waals surface area contributed by atoms with Gasteiger partial charge in [0.25, 0.3) is 0 Å². The van der Waals surface area contributed by atoms with Gasteiger partial charge in [0.2, 0.25) is 5.91 Å². The van der Waals surface area contributed by atoms with E-state index in [-0.39, 0.29) is 24.9 Å². The smallest absolute Gasteiger partial charge is 0.306 e. The van der Waals surface area contributed by atoms with Crippen molar-refractivity contribution in [3.8, 4) is 0 Å². The Hall–Kier alpha value is -3.22. The van der Waals surface area contributed by atoms with Gasteiger partial charge in [-0.3, -0.25) is 9.59 Å². The zero-order chi connectivity index (χ0) is 48.8. The second-order valence-corrected chi connectivity index (χ2v) is 18.8. The van der Waals surface area contributed by atoms with Crippen molar-refractivity contribution in [1.82, 2.24) is 5.32 Å². The van der Waals surface area contributed by atoms with Gasteiger partial charge < -0.3 is 20.3 Å². The lowest BCUT2D eigenvalue weighted by molar-refractivity contribution is -0.151. The predicted molar refractivity (Wildman–Crippen MR) is 291 cm³/mol. The van der Waals surface area contributed by atoms with Gasteiger partial charge in [0.15, 0.2) is 0 Å². The molecule has 0 aliphatic rings. The molecule has 67 heavy (non-hydrogen) atoms. The first kappa shape index (κ1) is 63.8. The molecule has 3 N–H and O–H groups in total. The van der Waals surface area contributed by atoms with E-state index in [0.29, 0.717) is 19.3 Å². The number of unbranched alkanes of at least 4 members (excludes halogenated alkanes) is 25. The van der Waals surface area contributed by atoms with Crippen LogP contribution in [0, 0.1) is 0 Å². The van der Waals surface area contributed by atoms with Crippen molar-refractivity contribution < 1.29 is 24.5 Å². The zero-order valence-electron chi connectivity index (χ0n) is 43.8. The Balaban J connectivity index is 4.69. The number of carbonyl (C=O) groups excluding carboxylic acids is 2. The van der Waals surface area contributed by atoms with Crippen molar-refractivity contribution in [2.75, 3.05) is 6.61 Å². The second kappa shape index (κ2) is 53.7. The molecule has 0 bridgehead atoms. The number of nitrogens with one attached hydrogen (secondary N) is 1. The molecule has 1 amide bonds. The minimum Gasteiger partial charge on any atom is -0.462 e.